The van der Waals surface area contributed by atoms with E-state index in [1.54, 1.807) is 6.08 Å². The molecule has 4 heteroatoms. The van der Waals surface area contributed by atoms with Crippen LogP contribution in [0.2, 0.25) is 0 Å². The second kappa shape index (κ2) is 7.53. The smallest absolute Gasteiger partial charge is 0.234 e. The summed E-state index contributed by atoms with van der Waals surface area (Å²) in [5, 5.41) is 14.6. The Morgan fingerprint density at radius 2 is 2.21 bits per heavy atom. The van der Waals surface area contributed by atoms with Gasteiger partial charge in [0.05, 0.1) is 19.2 Å². The van der Waals surface area contributed by atoms with Crippen LogP contribution in [0.25, 0.3) is 0 Å². The number of hydrogen-bond donors (Lipinski definition) is 3. The van der Waals surface area contributed by atoms with E-state index in [2.05, 4.69) is 17.2 Å². The number of rotatable bonds is 7. The summed E-state index contributed by atoms with van der Waals surface area (Å²) in [6.07, 6.45) is 1.69. The Bertz CT molecular complexity index is 181. The molecule has 1 amide bonds. The molecule has 0 saturated carbocycles. The van der Waals surface area contributed by atoms with Crippen molar-refractivity contribution in [2.45, 2.75) is 19.9 Å². The topological polar surface area (TPSA) is 61.4 Å². The fraction of sp³-hybridized carbons (Fsp3) is 0.700. The fourth-order valence-corrected chi connectivity index (χ4v) is 0.969. The number of amides is 1. The molecule has 0 radical (unpaired) electrons. The van der Waals surface area contributed by atoms with Crippen molar-refractivity contribution >= 4 is 5.91 Å². The number of hydrogen-bond acceptors (Lipinski definition) is 3. The van der Waals surface area contributed by atoms with E-state index in [0.717, 1.165) is 0 Å². The second-order valence-electron chi connectivity index (χ2n) is 3.52. The zero-order valence-electron chi connectivity index (χ0n) is 8.92. The third-order valence-electron chi connectivity index (χ3n) is 1.92. The Labute approximate surface area is 85.4 Å². The van der Waals surface area contributed by atoms with Gasteiger partial charge in [0.2, 0.25) is 5.91 Å². The summed E-state index contributed by atoms with van der Waals surface area (Å²) in [7, 11) is 0. The van der Waals surface area contributed by atoms with Crippen LogP contribution in [0.15, 0.2) is 12.7 Å². The summed E-state index contributed by atoms with van der Waals surface area (Å²) in [5.41, 5.74) is 0. The van der Waals surface area contributed by atoms with E-state index in [4.69, 9.17) is 5.11 Å². The molecule has 0 spiro atoms. The molecule has 0 heterocycles. The first-order valence-corrected chi connectivity index (χ1v) is 4.83. The standard InChI is InChI=1S/C10H20N2O2/c1-4-5-11-6-10(14)12-9(7-13)8(2)3/h4,8-9,11,13H,1,5-7H2,2-3H3,(H,12,14)/t9-/m1/s1. The van der Waals surface area contributed by atoms with Crippen molar-refractivity contribution in [3.05, 3.63) is 12.7 Å². The first-order chi connectivity index (χ1) is 6.61. The Balaban J connectivity index is 3.73. The molecule has 0 aromatic heterocycles. The predicted molar refractivity (Wildman–Crippen MR) is 56.9 cm³/mol. The Kier molecular flexibility index (Phi) is 7.06. The summed E-state index contributed by atoms with van der Waals surface area (Å²) in [6.45, 7) is 8.29. The monoisotopic (exact) mass is 200 g/mol. The molecular formula is C10H20N2O2. The zero-order valence-corrected chi connectivity index (χ0v) is 8.92. The molecule has 0 rings (SSSR count). The molecule has 0 fully saturated rings. The normalized spacial score (nSPS) is 12.6. The van der Waals surface area contributed by atoms with Gasteiger partial charge >= 0.3 is 0 Å². The predicted octanol–water partition coefficient (Wildman–Crippen LogP) is -0.105. The van der Waals surface area contributed by atoms with Gasteiger partial charge in [-0.1, -0.05) is 19.9 Å². The summed E-state index contributed by atoms with van der Waals surface area (Å²) in [4.78, 5) is 11.3. The van der Waals surface area contributed by atoms with Crippen LogP contribution in [-0.4, -0.2) is 36.8 Å². The summed E-state index contributed by atoms with van der Waals surface area (Å²) in [5.74, 6) is 0.142. The van der Waals surface area contributed by atoms with E-state index in [9.17, 15) is 4.79 Å². The van der Waals surface area contributed by atoms with Crippen molar-refractivity contribution in [3.63, 3.8) is 0 Å². The molecule has 3 N–H and O–H groups in total. The molecular weight excluding hydrogens is 180 g/mol. The van der Waals surface area contributed by atoms with E-state index >= 15 is 0 Å². The Morgan fingerprint density at radius 3 is 2.64 bits per heavy atom. The number of carbonyl (C=O) groups excluding carboxylic acids is 1. The highest BCUT2D eigenvalue weighted by Crippen LogP contribution is 1.99. The van der Waals surface area contributed by atoms with Gasteiger partial charge in [0.25, 0.3) is 0 Å². The van der Waals surface area contributed by atoms with E-state index in [1.807, 2.05) is 13.8 Å². The summed E-state index contributed by atoms with van der Waals surface area (Å²) in [6, 6.07) is -0.159. The molecule has 0 aromatic rings. The van der Waals surface area contributed by atoms with Crippen LogP contribution in [0, 0.1) is 5.92 Å². The zero-order chi connectivity index (χ0) is 11.0. The summed E-state index contributed by atoms with van der Waals surface area (Å²) >= 11 is 0. The first kappa shape index (κ1) is 13.1. The van der Waals surface area contributed by atoms with Gasteiger partial charge in [0.1, 0.15) is 0 Å². The number of carbonyl (C=O) groups is 1. The van der Waals surface area contributed by atoms with Crippen molar-refractivity contribution in [1.29, 1.82) is 0 Å². The van der Waals surface area contributed by atoms with E-state index in [1.165, 1.54) is 0 Å². The van der Waals surface area contributed by atoms with Crippen molar-refractivity contribution < 1.29 is 9.90 Å². The SMILES string of the molecule is C=CCNCC(=O)N[C@H](CO)C(C)C. The van der Waals surface area contributed by atoms with Gasteiger partial charge in [0, 0.05) is 6.54 Å². The van der Waals surface area contributed by atoms with E-state index in [-0.39, 0.29) is 31.0 Å². The minimum atomic E-state index is -0.159. The van der Waals surface area contributed by atoms with Crippen molar-refractivity contribution in [3.8, 4) is 0 Å². The van der Waals surface area contributed by atoms with Crippen LogP contribution in [0.5, 0.6) is 0 Å². The van der Waals surface area contributed by atoms with Crippen LogP contribution >= 0.6 is 0 Å². The fourth-order valence-electron chi connectivity index (χ4n) is 0.969. The molecule has 82 valence electrons. The number of aliphatic hydroxyl groups is 1. The third kappa shape index (κ3) is 5.72. The minimum Gasteiger partial charge on any atom is -0.394 e. The van der Waals surface area contributed by atoms with Gasteiger partial charge in [-0.25, -0.2) is 0 Å². The summed E-state index contributed by atoms with van der Waals surface area (Å²) < 4.78 is 0. The van der Waals surface area contributed by atoms with Crippen LogP contribution in [0.3, 0.4) is 0 Å². The quantitative estimate of drug-likeness (QED) is 0.397. The lowest BCUT2D eigenvalue weighted by Gasteiger charge is -2.19. The van der Waals surface area contributed by atoms with Gasteiger partial charge in [-0.15, -0.1) is 6.58 Å². The molecule has 0 saturated heterocycles. The highest BCUT2D eigenvalue weighted by Gasteiger charge is 2.13. The van der Waals surface area contributed by atoms with Crippen LogP contribution in [0.4, 0.5) is 0 Å². The van der Waals surface area contributed by atoms with Gasteiger partial charge in [-0.05, 0) is 5.92 Å². The lowest BCUT2D eigenvalue weighted by atomic mass is 10.1. The molecule has 0 aromatic carbocycles. The first-order valence-electron chi connectivity index (χ1n) is 4.83. The molecule has 1 atom stereocenters. The Hall–Kier alpha value is -0.870. The van der Waals surface area contributed by atoms with Crippen LogP contribution in [0.1, 0.15) is 13.8 Å². The van der Waals surface area contributed by atoms with E-state index in [0.29, 0.717) is 6.54 Å². The van der Waals surface area contributed by atoms with Gasteiger partial charge < -0.3 is 15.7 Å². The molecule has 4 nitrogen and oxygen atoms in total. The van der Waals surface area contributed by atoms with Crippen LogP contribution in [-0.2, 0) is 4.79 Å². The van der Waals surface area contributed by atoms with Crippen molar-refractivity contribution in [1.82, 2.24) is 10.6 Å². The average molecular weight is 200 g/mol. The molecule has 14 heavy (non-hydrogen) atoms. The molecule has 0 unspecified atom stereocenters. The maximum absolute atomic E-state index is 11.3. The lowest BCUT2D eigenvalue weighted by molar-refractivity contribution is -0.121. The molecule has 0 bridgehead atoms. The highest BCUT2D eigenvalue weighted by atomic mass is 16.3. The van der Waals surface area contributed by atoms with Gasteiger partial charge in [0.15, 0.2) is 0 Å². The van der Waals surface area contributed by atoms with Crippen molar-refractivity contribution in [2.24, 2.45) is 5.92 Å². The third-order valence-corrected chi connectivity index (χ3v) is 1.92. The molecule has 0 aliphatic heterocycles. The minimum absolute atomic E-state index is 0.0230. The molecule has 0 aliphatic rings. The lowest BCUT2D eigenvalue weighted by Crippen LogP contribution is -2.44. The highest BCUT2D eigenvalue weighted by molar-refractivity contribution is 5.78. The maximum atomic E-state index is 11.3. The van der Waals surface area contributed by atoms with Crippen molar-refractivity contribution in [2.75, 3.05) is 19.7 Å². The van der Waals surface area contributed by atoms with Gasteiger partial charge in [-0.3, -0.25) is 4.79 Å². The second-order valence-corrected chi connectivity index (χ2v) is 3.52. The largest absolute Gasteiger partial charge is 0.394 e. The number of aliphatic hydroxyl groups excluding tert-OH is 1. The molecule has 0 aliphatic carbocycles. The Morgan fingerprint density at radius 1 is 1.57 bits per heavy atom. The maximum Gasteiger partial charge on any atom is 0.234 e. The van der Waals surface area contributed by atoms with E-state index < -0.39 is 0 Å². The average Bonchev–Trinajstić information content (AvgIpc) is 2.14. The van der Waals surface area contributed by atoms with Crippen LogP contribution < -0.4 is 10.6 Å². The van der Waals surface area contributed by atoms with Gasteiger partial charge in [-0.2, -0.15) is 0 Å². The number of nitrogens with one attached hydrogen (secondary N) is 2.